The van der Waals surface area contributed by atoms with Crippen molar-refractivity contribution in [2.24, 2.45) is 0 Å². The van der Waals surface area contributed by atoms with Crippen LogP contribution in [-0.4, -0.2) is 0 Å². The Morgan fingerprint density at radius 2 is 1.55 bits per heavy atom. The first-order valence-electron chi connectivity index (χ1n) is 7.16. The van der Waals surface area contributed by atoms with Crippen LogP contribution >= 0.6 is 0 Å². The summed E-state index contributed by atoms with van der Waals surface area (Å²) >= 11 is 0. The van der Waals surface area contributed by atoms with Gasteiger partial charge in [0.25, 0.3) is 0 Å². The van der Waals surface area contributed by atoms with Crippen LogP contribution in [0.4, 0.5) is 0 Å². The molecule has 106 valence electrons. The first kappa shape index (κ1) is 14.6. The molecule has 20 heavy (non-hydrogen) atoms. The fourth-order valence-corrected chi connectivity index (χ4v) is 2.22. The molecule has 0 saturated heterocycles. The van der Waals surface area contributed by atoms with E-state index in [0.717, 1.165) is 5.75 Å². The van der Waals surface area contributed by atoms with E-state index < -0.39 is 0 Å². The van der Waals surface area contributed by atoms with Gasteiger partial charge in [-0.2, -0.15) is 0 Å². The van der Waals surface area contributed by atoms with Crippen molar-refractivity contribution in [2.75, 3.05) is 0 Å². The molecule has 0 amide bonds. The van der Waals surface area contributed by atoms with Crippen LogP contribution < -0.4 is 4.74 Å². The predicted molar refractivity (Wildman–Crippen MR) is 85.4 cm³/mol. The number of benzene rings is 2. The third-order valence-corrected chi connectivity index (χ3v) is 3.54. The van der Waals surface area contributed by atoms with Crippen LogP contribution in [0.5, 0.6) is 5.75 Å². The fourth-order valence-electron chi connectivity index (χ4n) is 2.22. The summed E-state index contributed by atoms with van der Waals surface area (Å²) < 4.78 is 5.90. The minimum absolute atomic E-state index is 0.201. The van der Waals surface area contributed by atoms with Gasteiger partial charge in [-0.25, -0.2) is 0 Å². The normalized spacial score (nSPS) is 11.4. The van der Waals surface area contributed by atoms with Crippen molar-refractivity contribution in [2.45, 2.75) is 46.6 Å². The van der Waals surface area contributed by atoms with E-state index in [0.29, 0.717) is 6.61 Å². The van der Waals surface area contributed by atoms with E-state index in [1.54, 1.807) is 0 Å². The van der Waals surface area contributed by atoms with Crippen LogP contribution in [-0.2, 0) is 12.0 Å². The molecule has 0 atom stereocenters. The van der Waals surface area contributed by atoms with Crippen LogP contribution in [0.1, 0.15) is 43.0 Å². The van der Waals surface area contributed by atoms with Gasteiger partial charge in [-0.05, 0) is 42.0 Å². The van der Waals surface area contributed by atoms with Crippen molar-refractivity contribution >= 4 is 0 Å². The quantitative estimate of drug-likeness (QED) is 0.745. The second-order valence-corrected chi connectivity index (χ2v) is 6.50. The molecular formula is C19H24O. The molecule has 2 aromatic carbocycles. The Morgan fingerprint density at radius 3 is 2.10 bits per heavy atom. The highest BCUT2D eigenvalue weighted by Crippen LogP contribution is 2.23. The smallest absolute Gasteiger partial charge is 0.122 e. The molecule has 0 aliphatic rings. The van der Waals surface area contributed by atoms with Crippen molar-refractivity contribution in [3.63, 3.8) is 0 Å². The summed E-state index contributed by atoms with van der Waals surface area (Å²) in [4.78, 5) is 0. The molecule has 0 spiro atoms. The number of hydrogen-bond donors (Lipinski definition) is 0. The first-order chi connectivity index (χ1) is 9.36. The van der Waals surface area contributed by atoms with E-state index in [1.165, 1.54) is 22.3 Å². The maximum absolute atomic E-state index is 5.90. The third-order valence-electron chi connectivity index (χ3n) is 3.54. The highest BCUT2D eigenvalue weighted by molar-refractivity contribution is 5.36. The summed E-state index contributed by atoms with van der Waals surface area (Å²) in [5.74, 6) is 0.968. The second-order valence-electron chi connectivity index (χ2n) is 6.50. The predicted octanol–water partition coefficient (Wildman–Crippen LogP) is 5.18. The van der Waals surface area contributed by atoms with Crippen LogP contribution in [0.25, 0.3) is 0 Å². The molecule has 1 heteroatoms. The molecule has 0 fully saturated rings. The lowest BCUT2D eigenvalue weighted by Crippen LogP contribution is -2.10. The minimum Gasteiger partial charge on any atom is -0.489 e. The van der Waals surface area contributed by atoms with Crippen LogP contribution in [0.15, 0.2) is 42.5 Å². The Labute approximate surface area is 122 Å². The molecule has 0 aliphatic carbocycles. The van der Waals surface area contributed by atoms with Gasteiger partial charge in [0.2, 0.25) is 0 Å². The Morgan fingerprint density at radius 1 is 0.900 bits per heavy atom. The molecular weight excluding hydrogens is 244 g/mol. The van der Waals surface area contributed by atoms with Gasteiger partial charge in [0.15, 0.2) is 0 Å². The lowest BCUT2D eigenvalue weighted by Gasteiger charge is -2.19. The summed E-state index contributed by atoms with van der Waals surface area (Å²) in [6, 6.07) is 15.0. The highest BCUT2D eigenvalue weighted by atomic mass is 16.5. The van der Waals surface area contributed by atoms with Crippen LogP contribution in [0.2, 0.25) is 0 Å². The number of aryl methyl sites for hydroxylation is 2. The van der Waals surface area contributed by atoms with Crippen molar-refractivity contribution in [3.05, 3.63) is 64.7 Å². The van der Waals surface area contributed by atoms with E-state index >= 15 is 0 Å². The summed E-state index contributed by atoms with van der Waals surface area (Å²) in [5, 5.41) is 0. The number of rotatable bonds is 3. The molecule has 1 nitrogen and oxygen atoms in total. The molecule has 0 N–H and O–H groups in total. The topological polar surface area (TPSA) is 9.23 Å². The molecule has 0 saturated carbocycles. The van der Waals surface area contributed by atoms with Crippen molar-refractivity contribution in [1.82, 2.24) is 0 Å². The van der Waals surface area contributed by atoms with Gasteiger partial charge in [-0.3, -0.25) is 0 Å². The zero-order valence-corrected chi connectivity index (χ0v) is 13.2. The van der Waals surface area contributed by atoms with Gasteiger partial charge in [0.05, 0.1) is 0 Å². The van der Waals surface area contributed by atoms with Crippen LogP contribution in [0.3, 0.4) is 0 Å². The Kier molecular flexibility index (Phi) is 4.17. The molecule has 0 radical (unpaired) electrons. The average molecular weight is 268 g/mol. The van der Waals surface area contributed by atoms with Crippen molar-refractivity contribution in [3.8, 4) is 5.75 Å². The lowest BCUT2D eigenvalue weighted by atomic mass is 9.87. The van der Waals surface area contributed by atoms with Crippen molar-refractivity contribution in [1.29, 1.82) is 0 Å². The van der Waals surface area contributed by atoms with E-state index in [4.69, 9.17) is 4.74 Å². The van der Waals surface area contributed by atoms with Gasteiger partial charge in [-0.15, -0.1) is 0 Å². The lowest BCUT2D eigenvalue weighted by molar-refractivity contribution is 0.304. The largest absolute Gasteiger partial charge is 0.489 e. The molecule has 0 bridgehead atoms. The standard InChI is InChI=1S/C19H24O/c1-14-6-11-18(15(2)12-14)20-13-16-7-9-17(10-8-16)19(3,4)5/h6-12H,13H2,1-5H3. The van der Waals surface area contributed by atoms with Gasteiger partial charge in [-0.1, -0.05) is 62.7 Å². The Bertz CT molecular complexity index is 574. The summed E-state index contributed by atoms with van der Waals surface area (Å²) in [6.45, 7) is 11.5. The summed E-state index contributed by atoms with van der Waals surface area (Å²) in [7, 11) is 0. The Balaban J connectivity index is 2.04. The maximum atomic E-state index is 5.90. The molecule has 0 aromatic heterocycles. The van der Waals surface area contributed by atoms with E-state index in [-0.39, 0.29) is 5.41 Å². The SMILES string of the molecule is Cc1ccc(OCc2ccc(C(C)(C)C)cc2)c(C)c1. The van der Waals surface area contributed by atoms with E-state index in [1.807, 2.05) is 6.07 Å². The summed E-state index contributed by atoms with van der Waals surface area (Å²) in [5.41, 5.74) is 5.22. The van der Waals surface area contributed by atoms with E-state index in [9.17, 15) is 0 Å². The zero-order valence-electron chi connectivity index (χ0n) is 13.2. The molecule has 2 aromatic rings. The van der Waals surface area contributed by atoms with Gasteiger partial charge < -0.3 is 4.74 Å². The highest BCUT2D eigenvalue weighted by Gasteiger charge is 2.12. The maximum Gasteiger partial charge on any atom is 0.122 e. The first-order valence-corrected chi connectivity index (χ1v) is 7.16. The molecule has 0 aliphatic heterocycles. The van der Waals surface area contributed by atoms with E-state index in [2.05, 4.69) is 71.0 Å². The Hall–Kier alpha value is -1.76. The minimum atomic E-state index is 0.201. The molecule has 0 heterocycles. The molecule has 0 unspecified atom stereocenters. The number of ether oxygens (including phenoxy) is 1. The molecule has 2 rings (SSSR count). The second kappa shape index (κ2) is 5.70. The summed E-state index contributed by atoms with van der Waals surface area (Å²) in [6.07, 6.45) is 0. The fraction of sp³-hybridized carbons (Fsp3) is 0.368. The van der Waals surface area contributed by atoms with Gasteiger partial charge >= 0.3 is 0 Å². The zero-order chi connectivity index (χ0) is 14.8. The van der Waals surface area contributed by atoms with Crippen molar-refractivity contribution < 1.29 is 4.74 Å². The average Bonchev–Trinajstić information content (AvgIpc) is 2.37. The monoisotopic (exact) mass is 268 g/mol. The van der Waals surface area contributed by atoms with Gasteiger partial charge in [0.1, 0.15) is 12.4 Å². The van der Waals surface area contributed by atoms with Crippen LogP contribution in [0, 0.1) is 13.8 Å². The third kappa shape index (κ3) is 3.63. The number of hydrogen-bond acceptors (Lipinski definition) is 1. The van der Waals surface area contributed by atoms with Gasteiger partial charge in [0, 0.05) is 0 Å².